The number of pyridine rings is 1. The number of carbonyl (C=O) groups is 1. The van der Waals surface area contributed by atoms with Crippen LogP contribution in [0.3, 0.4) is 0 Å². The summed E-state index contributed by atoms with van der Waals surface area (Å²) in [6, 6.07) is 15.2. The van der Waals surface area contributed by atoms with Crippen molar-refractivity contribution in [3.05, 3.63) is 65.4 Å². The molecule has 2 aromatic carbocycles. The summed E-state index contributed by atoms with van der Waals surface area (Å²) in [5.74, 6) is -1.14. The number of nitrogens with zero attached hydrogens (tertiary/aromatic N) is 1. The van der Waals surface area contributed by atoms with Crippen molar-refractivity contribution >= 4 is 16.9 Å². The third kappa shape index (κ3) is 1.40. The second kappa shape index (κ2) is 3.90. The van der Waals surface area contributed by atoms with Gasteiger partial charge in [-0.3, -0.25) is 4.98 Å². The van der Waals surface area contributed by atoms with Crippen LogP contribution in [0.5, 0.6) is 0 Å². The largest absolute Gasteiger partial charge is 0.545 e. The van der Waals surface area contributed by atoms with E-state index in [1.165, 1.54) is 0 Å². The van der Waals surface area contributed by atoms with Gasteiger partial charge < -0.3 is 9.90 Å². The Balaban J connectivity index is 2.18. The molecule has 3 aromatic rings. The van der Waals surface area contributed by atoms with E-state index in [2.05, 4.69) is 4.98 Å². The molecule has 1 aliphatic rings. The number of rotatable bonds is 1. The van der Waals surface area contributed by atoms with Crippen LogP contribution in [0, 0.1) is 0 Å². The predicted octanol–water partition coefficient (Wildman–Crippen LogP) is 2.17. The molecular weight excluding hydrogens is 250 g/mol. The normalized spacial score (nSPS) is 12.2. The number of carbonyl (C=O) groups excluding carboxylic acids is 1. The first-order valence-corrected chi connectivity index (χ1v) is 6.47. The summed E-state index contributed by atoms with van der Waals surface area (Å²) in [7, 11) is 0. The number of aromatic nitrogens is 1. The van der Waals surface area contributed by atoms with Gasteiger partial charge >= 0.3 is 0 Å². The van der Waals surface area contributed by atoms with Crippen LogP contribution in [0.2, 0.25) is 0 Å². The second-order valence-electron chi connectivity index (χ2n) is 4.95. The zero-order valence-corrected chi connectivity index (χ0v) is 10.6. The van der Waals surface area contributed by atoms with E-state index in [0.717, 1.165) is 22.4 Å². The molecule has 96 valence electrons. The first-order chi connectivity index (χ1) is 9.75. The van der Waals surface area contributed by atoms with E-state index >= 15 is 0 Å². The predicted molar refractivity (Wildman–Crippen MR) is 74.3 cm³/mol. The van der Waals surface area contributed by atoms with Crippen molar-refractivity contribution in [1.82, 2.24) is 4.98 Å². The summed E-state index contributed by atoms with van der Waals surface area (Å²) in [5.41, 5.74) is 4.59. The minimum Gasteiger partial charge on any atom is -0.545 e. The standard InChI is InChI=1S/C17H11NO2/c19-17(20)16-12-7-3-4-8-13(12)18-14-9-10-5-1-2-6-11(10)15(14)16/h1-8H,9H2,(H,19,20)/p-1. The van der Waals surface area contributed by atoms with Gasteiger partial charge in [-0.15, -0.1) is 0 Å². The molecule has 0 N–H and O–H groups in total. The van der Waals surface area contributed by atoms with Crippen LogP contribution in [0.4, 0.5) is 0 Å². The lowest BCUT2D eigenvalue weighted by molar-refractivity contribution is -0.254. The fourth-order valence-electron chi connectivity index (χ4n) is 2.99. The van der Waals surface area contributed by atoms with Gasteiger partial charge in [0.1, 0.15) is 0 Å². The molecule has 20 heavy (non-hydrogen) atoms. The van der Waals surface area contributed by atoms with Gasteiger partial charge in [0, 0.05) is 22.9 Å². The molecule has 0 saturated carbocycles. The molecule has 1 heterocycles. The summed E-state index contributed by atoms with van der Waals surface area (Å²) in [5, 5.41) is 12.3. The summed E-state index contributed by atoms with van der Waals surface area (Å²) < 4.78 is 0. The van der Waals surface area contributed by atoms with Gasteiger partial charge in [-0.05, 0) is 17.2 Å². The van der Waals surface area contributed by atoms with Crippen molar-refractivity contribution in [2.45, 2.75) is 6.42 Å². The highest BCUT2D eigenvalue weighted by Crippen LogP contribution is 2.40. The number of carboxylic acid groups (broad SMARTS) is 1. The Morgan fingerprint density at radius 1 is 1.05 bits per heavy atom. The first-order valence-electron chi connectivity index (χ1n) is 6.47. The fourth-order valence-corrected chi connectivity index (χ4v) is 2.99. The number of carboxylic acids is 1. The Hall–Kier alpha value is -2.68. The van der Waals surface area contributed by atoms with Crippen LogP contribution < -0.4 is 5.11 Å². The Morgan fingerprint density at radius 2 is 1.80 bits per heavy atom. The van der Waals surface area contributed by atoms with Gasteiger partial charge in [0.25, 0.3) is 0 Å². The molecule has 0 aliphatic heterocycles. The fraction of sp³-hybridized carbons (Fsp3) is 0.0588. The maximum atomic E-state index is 11.6. The summed E-state index contributed by atoms with van der Waals surface area (Å²) in [6.07, 6.45) is 0.677. The maximum Gasteiger partial charge on any atom is 0.0729 e. The molecule has 0 bridgehead atoms. The highest BCUT2D eigenvalue weighted by molar-refractivity contribution is 6.09. The number of aromatic carboxylic acids is 1. The van der Waals surface area contributed by atoms with Crippen molar-refractivity contribution in [3.63, 3.8) is 0 Å². The van der Waals surface area contributed by atoms with Gasteiger partial charge in [0.05, 0.1) is 17.2 Å². The molecule has 0 radical (unpaired) electrons. The van der Waals surface area contributed by atoms with Crippen LogP contribution in [-0.2, 0) is 6.42 Å². The molecule has 3 heteroatoms. The average molecular weight is 260 g/mol. The highest BCUT2D eigenvalue weighted by Gasteiger charge is 2.24. The van der Waals surface area contributed by atoms with E-state index in [1.807, 2.05) is 42.5 Å². The van der Waals surface area contributed by atoms with Crippen molar-refractivity contribution in [1.29, 1.82) is 0 Å². The molecule has 0 saturated heterocycles. The van der Waals surface area contributed by atoms with Crippen LogP contribution >= 0.6 is 0 Å². The molecular formula is C17H10NO2-. The van der Waals surface area contributed by atoms with E-state index in [1.54, 1.807) is 6.07 Å². The van der Waals surface area contributed by atoms with Crippen LogP contribution in [-0.4, -0.2) is 11.0 Å². The molecule has 4 rings (SSSR count). The molecule has 1 aromatic heterocycles. The number of para-hydroxylation sites is 1. The van der Waals surface area contributed by atoms with E-state index in [-0.39, 0.29) is 5.56 Å². The smallest absolute Gasteiger partial charge is 0.0729 e. The first kappa shape index (κ1) is 11.2. The van der Waals surface area contributed by atoms with E-state index in [0.29, 0.717) is 17.3 Å². The van der Waals surface area contributed by atoms with Crippen LogP contribution in [0.1, 0.15) is 21.6 Å². The quantitative estimate of drug-likeness (QED) is 0.527. The van der Waals surface area contributed by atoms with E-state index in [9.17, 15) is 9.90 Å². The molecule has 0 fully saturated rings. The summed E-state index contributed by atoms with van der Waals surface area (Å²) in [4.78, 5) is 16.3. The number of benzene rings is 2. The molecule has 3 nitrogen and oxygen atoms in total. The minimum absolute atomic E-state index is 0.260. The highest BCUT2D eigenvalue weighted by atomic mass is 16.4. The monoisotopic (exact) mass is 260 g/mol. The number of hydrogen-bond donors (Lipinski definition) is 0. The lowest BCUT2D eigenvalue weighted by Gasteiger charge is -2.13. The van der Waals surface area contributed by atoms with Gasteiger partial charge in [0.15, 0.2) is 0 Å². The Morgan fingerprint density at radius 3 is 2.65 bits per heavy atom. The van der Waals surface area contributed by atoms with Crippen LogP contribution in [0.25, 0.3) is 22.0 Å². The van der Waals surface area contributed by atoms with Crippen molar-refractivity contribution < 1.29 is 9.90 Å². The molecule has 0 unspecified atom stereocenters. The Labute approximate surface area is 115 Å². The topological polar surface area (TPSA) is 53.0 Å². The Bertz CT molecular complexity index is 868. The van der Waals surface area contributed by atoms with Gasteiger partial charge in [-0.25, -0.2) is 0 Å². The summed E-state index contributed by atoms with van der Waals surface area (Å²) >= 11 is 0. The van der Waals surface area contributed by atoms with Gasteiger partial charge in [0.2, 0.25) is 0 Å². The molecule has 0 spiro atoms. The van der Waals surface area contributed by atoms with E-state index in [4.69, 9.17) is 0 Å². The van der Waals surface area contributed by atoms with Gasteiger partial charge in [-0.1, -0.05) is 42.5 Å². The molecule has 0 atom stereocenters. The van der Waals surface area contributed by atoms with Crippen molar-refractivity contribution in [2.75, 3.05) is 0 Å². The zero-order chi connectivity index (χ0) is 13.7. The lowest BCUT2D eigenvalue weighted by atomic mass is 9.98. The maximum absolute atomic E-state index is 11.6. The lowest BCUT2D eigenvalue weighted by Crippen LogP contribution is -2.24. The SMILES string of the molecule is O=C([O-])c1c2c(nc3ccccc13)Cc1ccccc1-2. The Kier molecular flexibility index (Phi) is 2.18. The zero-order valence-electron chi connectivity index (χ0n) is 10.6. The third-order valence-electron chi connectivity index (χ3n) is 3.82. The van der Waals surface area contributed by atoms with E-state index < -0.39 is 5.97 Å². The van der Waals surface area contributed by atoms with Crippen molar-refractivity contribution in [2.24, 2.45) is 0 Å². The van der Waals surface area contributed by atoms with Crippen molar-refractivity contribution in [3.8, 4) is 11.1 Å². The second-order valence-corrected chi connectivity index (χ2v) is 4.95. The molecule has 0 amide bonds. The number of hydrogen-bond acceptors (Lipinski definition) is 3. The average Bonchev–Trinajstić information content (AvgIpc) is 2.82. The third-order valence-corrected chi connectivity index (χ3v) is 3.82. The summed E-state index contributed by atoms with van der Waals surface area (Å²) in [6.45, 7) is 0. The van der Waals surface area contributed by atoms with Crippen LogP contribution in [0.15, 0.2) is 48.5 Å². The number of fused-ring (bicyclic) bond motifs is 4. The molecule has 1 aliphatic carbocycles. The van der Waals surface area contributed by atoms with Gasteiger partial charge in [-0.2, -0.15) is 0 Å². The minimum atomic E-state index is -1.14.